The van der Waals surface area contributed by atoms with Crippen molar-refractivity contribution in [1.29, 1.82) is 0 Å². The molecule has 0 bridgehead atoms. The van der Waals surface area contributed by atoms with Crippen LogP contribution in [0.1, 0.15) is 19.4 Å². The molecular formula is C14H19NO5S2. The number of aryl methyl sites for hydroxylation is 1. The van der Waals surface area contributed by atoms with Crippen LogP contribution >= 0.6 is 0 Å². The molecule has 1 rings (SSSR count). The van der Waals surface area contributed by atoms with Gasteiger partial charge in [0.25, 0.3) is 10.1 Å². The SMILES string of the molecule is C#CC(OS(C)(=O)=O)C(C)(C)NS(=O)(=O)c1ccc(C)cc1. The fourth-order valence-electron chi connectivity index (χ4n) is 1.71. The summed E-state index contributed by atoms with van der Waals surface area (Å²) >= 11 is 0. The molecule has 0 fully saturated rings. The minimum Gasteiger partial charge on any atom is -0.252 e. The second kappa shape index (κ2) is 6.38. The van der Waals surface area contributed by atoms with Crippen molar-refractivity contribution in [2.45, 2.75) is 37.3 Å². The summed E-state index contributed by atoms with van der Waals surface area (Å²) in [5.74, 6) is 2.15. The molecule has 0 aromatic heterocycles. The Morgan fingerprint density at radius 3 is 2.09 bits per heavy atom. The van der Waals surface area contributed by atoms with Crippen molar-refractivity contribution in [2.24, 2.45) is 0 Å². The van der Waals surface area contributed by atoms with Gasteiger partial charge < -0.3 is 0 Å². The molecule has 1 unspecified atom stereocenters. The third-order valence-corrected chi connectivity index (χ3v) is 5.04. The van der Waals surface area contributed by atoms with Gasteiger partial charge in [-0.15, -0.1) is 6.42 Å². The zero-order chi connectivity index (χ0) is 17.2. The van der Waals surface area contributed by atoms with Crippen LogP contribution in [0.25, 0.3) is 0 Å². The van der Waals surface area contributed by atoms with Crippen molar-refractivity contribution >= 4 is 20.1 Å². The number of terminal acetylenes is 1. The highest BCUT2D eigenvalue weighted by atomic mass is 32.2. The summed E-state index contributed by atoms with van der Waals surface area (Å²) in [6.07, 6.45) is 4.84. The third kappa shape index (κ3) is 5.10. The van der Waals surface area contributed by atoms with Gasteiger partial charge in [-0.2, -0.15) is 8.42 Å². The first-order valence-electron chi connectivity index (χ1n) is 6.32. The highest BCUT2D eigenvalue weighted by Crippen LogP contribution is 2.19. The summed E-state index contributed by atoms with van der Waals surface area (Å²) in [6, 6.07) is 6.23. The molecule has 22 heavy (non-hydrogen) atoms. The summed E-state index contributed by atoms with van der Waals surface area (Å²) in [4.78, 5) is 0.0568. The molecule has 0 spiro atoms. The van der Waals surface area contributed by atoms with Gasteiger partial charge in [-0.05, 0) is 32.9 Å². The van der Waals surface area contributed by atoms with E-state index in [1.165, 1.54) is 26.0 Å². The number of nitrogens with one attached hydrogen (secondary N) is 1. The molecule has 0 aliphatic carbocycles. The van der Waals surface area contributed by atoms with Crippen LogP contribution in [0, 0.1) is 19.3 Å². The second-order valence-corrected chi connectivity index (χ2v) is 8.77. The van der Waals surface area contributed by atoms with Crippen LogP contribution in [0.2, 0.25) is 0 Å². The molecule has 0 radical (unpaired) electrons. The maximum absolute atomic E-state index is 12.4. The lowest BCUT2D eigenvalue weighted by Gasteiger charge is -2.30. The Morgan fingerprint density at radius 1 is 1.18 bits per heavy atom. The number of sulfonamides is 1. The Kier molecular flexibility index (Phi) is 5.41. The molecule has 0 aliphatic heterocycles. The predicted molar refractivity (Wildman–Crippen MR) is 84.1 cm³/mol. The van der Waals surface area contributed by atoms with Crippen LogP contribution in [0.4, 0.5) is 0 Å². The van der Waals surface area contributed by atoms with Crippen LogP contribution in [0.3, 0.4) is 0 Å². The molecule has 0 amide bonds. The van der Waals surface area contributed by atoms with Crippen LogP contribution in [0.5, 0.6) is 0 Å². The standard InChI is InChI=1S/C14H19NO5S2/c1-6-13(20-21(5,16)17)14(3,4)15-22(18,19)12-9-7-11(2)8-10-12/h1,7-10,13,15H,2-5H3. The van der Waals surface area contributed by atoms with Gasteiger partial charge in [0, 0.05) is 0 Å². The first kappa shape index (κ1) is 18.6. The van der Waals surface area contributed by atoms with Gasteiger partial charge in [-0.25, -0.2) is 13.1 Å². The minimum atomic E-state index is -3.87. The van der Waals surface area contributed by atoms with Crippen LogP contribution in [-0.2, 0) is 24.3 Å². The smallest absolute Gasteiger partial charge is 0.252 e. The van der Waals surface area contributed by atoms with E-state index in [0.29, 0.717) is 0 Å². The monoisotopic (exact) mass is 345 g/mol. The van der Waals surface area contributed by atoms with E-state index in [1.54, 1.807) is 12.1 Å². The largest absolute Gasteiger partial charge is 0.265 e. The van der Waals surface area contributed by atoms with E-state index in [0.717, 1.165) is 11.8 Å². The summed E-state index contributed by atoms with van der Waals surface area (Å²) in [7, 11) is -7.69. The van der Waals surface area contributed by atoms with Crippen molar-refractivity contribution in [1.82, 2.24) is 4.72 Å². The topological polar surface area (TPSA) is 89.5 Å². The van der Waals surface area contributed by atoms with Gasteiger partial charge in [0.15, 0.2) is 6.10 Å². The molecule has 0 saturated carbocycles. The molecule has 0 saturated heterocycles. The van der Waals surface area contributed by atoms with Gasteiger partial charge in [0.2, 0.25) is 10.0 Å². The van der Waals surface area contributed by atoms with Crippen LogP contribution in [0.15, 0.2) is 29.2 Å². The molecule has 0 heterocycles. The average Bonchev–Trinajstić information content (AvgIpc) is 2.34. The van der Waals surface area contributed by atoms with Crippen LogP contribution < -0.4 is 4.72 Å². The van der Waals surface area contributed by atoms with Crippen LogP contribution in [-0.4, -0.2) is 34.7 Å². The highest BCUT2D eigenvalue weighted by molar-refractivity contribution is 7.89. The van der Waals surface area contributed by atoms with E-state index < -0.39 is 31.8 Å². The summed E-state index contributed by atoms with van der Waals surface area (Å²) in [5.41, 5.74) is -0.401. The fourth-order valence-corrected chi connectivity index (χ4v) is 3.76. The molecule has 0 aliphatic rings. The van der Waals surface area contributed by atoms with E-state index in [-0.39, 0.29) is 4.90 Å². The zero-order valence-corrected chi connectivity index (χ0v) is 14.5. The summed E-state index contributed by atoms with van der Waals surface area (Å²) in [5, 5.41) is 0. The van der Waals surface area contributed by atoms with Crippen molar-refractivity contribution < 1.29 is 21.0 Å². The lowest BCUT2D eigenvalue weighted by Crippen LogP contribution is -2.52. The predicted octanol–water partition coefficient (Wildman–Crippen LogP) is 1.03. The molecule has 1 atom stereocenters. The molecule has 1 N–H and O–H groups in total. The second-order valence-electron chi connectivity index (χ2n) is 5.49. The Hall–Kier alpha value is -1.40. The number of rotatable bonds is 6. The van der Waals surface area contributed by atoms with E-state index in [9.17, 15) is 16.8 Å². The normalized spacial score (nSPS) is 14.3. The first-order chi connectivity index (χ1) is 9.87. The number of hydrogen-bond acceptors (Lipinski definition) is 5. The maximum atomic E-state index is 12.4. The van der Waals surface area contributed by atoms with E-state index >= 15 is 0 Å². The lowest BCUT2D eigenvalue weighted by molar-refractivity contribution is 0.177. The van der Waals surface area contributed by atoms with E-state index in [1.807, 2.05) is 6.92 Å². The first-order valence-corrected chi connectivity index (χ1v) is 9.62. The van der Waals surface area contributed by atoms with Crippen molar-refractivity contribution in [3.05, 3.63) is 29.8 Å². The summed E-state index contributed by atoms with van der Waals surface area (Å²) < 4.78 is 54.3. The molecule has 122 valence electrons. The van der Waals surface area contributed by atoms with E-state index in [2.05, 4.69) is 10.6 Å². The Labute approximate surface area is 132 Å². The highest BCUT2D eigenvalue weighted by Gasteiger charge is 2.36. The van der Waals surface area contributed by atoms with E-state index in [4.69, 9.17) is 10.6 Å². The van der Waals surface area contributed by atoms with Crippen molar-refractivity contribution in [3.63, 3.8) is 0 Å². The number of hydrogen-bond donors (Lipinski definition) is 1. The lowest BCUT2D eigenvalue weighted by atomic mass is 10.00. The minimum absolute atomic E-state index is 0.0568. The van der Waals surface area contributed by atoms with Gasteiger partial charge in [-0.1, -0.05) is 23.6 Å². The molecule has 8 heteroatoms. The zero-order valence-electron chi connectivity index (χ0n) is 12.8. The van der Waals surface area contributed by atoms with Crippen molar-refractivity contribution in [2.75, 3.05) is 6.26 Å². The van der Waals surface area contributed by atoms with Gasteiger partial charge in [0.1, 0.15) is 0 Å². The van der Waals surface area contributed by atoms with Crippen molar-refractivity contribution in [3.8, 4) is 12.3 Å². The van der Waals surface area contributed by atoms with Gasteiger partial charge in [-0.3, -0.25) is 4.18 Å². The molecular weight excluding hydrogens is 326 g/mol. The Balaban J connectivity index is 3.09. The molecule has 1 aromatic rings. The number of benzene rings is 1. The molecule has 6 nitrogen and oxygen atoms in total. The maximum Gasteiger partial charge on any atom is 0.265 e. The van der Waals surface area contributed by atoms with Gasteiger partial charge >= 0.3 is 0 Å². The quantitative estimate of drug-likeness (QED) is 0.614. The third-order valence-electron chi connectivity index (χ3n) is 2.81. The molecule has 1 aromatic carbocycles. The average molecular weight is 345 g/mol. The Bertz CT molecular complexity index is 772. The summed E-state index contributed by atoms with van der Waals surface area (Å²) in [6.45, 7) is 4.74. The fraction of sp³-hybridized carbons (Fsp3) is 0.429. The van der Waals surface area contributed by atoms with Gasteiger partial charge in [0.05, 0.1) is 16.7 Å². The Morgan fingerprint density at radius 2 is 1.68 bits per heavy atom.